The Hall–Kier alpha value is -1.10. The fourth-order valence-electron chi connectivity index (χ4n) is 3.32. The molecule has 2 fully saturated rings. The van der Waals surface area contributed by atoms with Gasteiger partial charge in [-0.15, -0.1) is 0 Å². The lowest BCUT2D eigenvalue weighted by molar-refractivity contribution is -0.153. The molecule has 0 saturated carbocycles. The summed E-state index contributed by atoms with van der Waals surface area (Å²) in [5.41, 5.74) is -0.516. The van der Waals surface area contributed by atoms with Crippen LogP contribution in [0.15, 0.2) is 0 Å². The quantitative estimate of drug-likeness (QED) is 0.811. The van der Waals surface area contributed by atoms with Crippen molar-refractivity contribution in [1.82, 2.24) is 10.2 Å². The zero-order valence-electron chi connectivity index (χ0n) is 11.7. The molecule has 2 saturated heterocycles. The molecular formula is C14H24N2O3. The second-order valence-electron chi connectivity index (χ2n) is 5.67. The van der Waals surface area contributed by atoms with Gasteiger partial charge in [-0.2, -0.15) is 0 Å². The van der Waals surface area contributed by atoms with Crippen molar-refractivity contribution in [1.29, 1.82) is 0 Å². The zero-order valence-corrected chi connectivity index (χ0v) is 11.7. The molecule has 1 amide bonds. The Balaban J connectivity index is 2.20. The van der Waals surface area contributed by atoms with Crippen molar-refractivity contribution in [3.63, 3.8) is 0 Å². The summed E-state index contributed by atoms with van der Waals surface area (Å²) in [5.74, 6) is -0.860. The molecule has 0 aromatic heterocycles. The van der Waals surface area contributed by atoms with Crippen LogP contribution in [0.5, 0.6) is 0 Å². The molecule has 108 valence electrons. The molecule has 2 heterocycles. The van der Waals surface area contributed by atoms with Gasteiger partial charge in [-0.1, -0.05) is 19.8 Å². The molecular weight excluding hydrogens is 244 g/mol. The van der Waals surface area contributed by atoms with Crippen LogP contribution in [0.1, 0.15) is 51.9 Å². The van der Waals surface area contributed by atoms with E-state index in [0.29, 0.717) is 13.0 Å². The number of rotatable bonds is 3. The first kappa shape index (κ1) is 14.3. The molecule has 2 aliphatic heterocycles. The Kier molecular flexibility index (Phi) is 4.45. The minimum Gasteiger partial charge on any atom is -0.480 e. The number of carbonyl (C=O) groups excluding carboxylic acids is 1. The maximum absolute atomic E-state index is 12.8. The van der Waals surface area contributed by atoms with Crippen LogP contribution in [0, 0.1) is 0 Å². The van der Waals surface area contributed by atoms with Gasteiger partial charge in [0.05, 0.1) is 5.54 Å². The molecule has 0 aliphatic carbocycles. The van der Waals surface area contributed by atoms with Crippen LogP contribution in [0.25, 0.3) is 0 Å². The monoisotopic (exact) mass is 268 g/mol. The maximum atomic E-state index is 12.8. The van der Waals surface area contributed by atoms with E-state index in [0.717, 1.165) is 45.1 Å². The van der Waals surface area contributed by atoms with Gasteiger partial charge in [0, 0.05) is 6.54 Å². The van der Waals surface area contributed by atoms with E-state index < -0.39 is 17.6 Å². The van der Waals surface area contributed by atoms with Crippen LogP contribution >= 0.6 is 0 Å². The number of hydrogen-bond acceptors (Lipinski definition) is 3. The van der Waals surface area contributed by atoms with Crippen molar-refractivity contribution >= 4 is 11.9 Å². The van der Waals surface area contributed by atoms with E-state index in [9.17, 15) is 14.7 Å². The first-order chi connectivity index (χ1) is 9.10. The van der Waals surface area contributed by atoms with Crippen molar-refractivity contribution in [3.8, 4) is 0 Å². The Morgan fingerprint density at radius 1 is 1.32 bits per heavy atom. The molecule has 5 nitrogen and oxygen atoms in total. The predicted octanol–water partition coefficient (Wildman–Crippen LogP) is 1.37. The normalized spacial score (nSPS) is 32.1. The molecule has 2 unspecified atom stereocenters. The number of likely N-dealkylation sites (tertiary alicyclic amines) is 1. The number of aliphatic carboxylic acids is 1. The van der Waals surface area contributed by atoms with Crippen LogP contribution in [-0.4, -0.2) is 46.6 Å². The smallest absolute Gasteiger partial charge is 0.326 e. The van der Waals surface area contributed by atoms with Crippen LogP contribution in [-0.2, 0) is 9.59 Å². The number of carbonyl (C=O) groups is 2. The Morgan fingerprint density at radius 2 is 2.11 bits per heavy atom. The minimum absolute atomic E-state index is 0.00167. The van der Waals surface area contributed by atoms with Crippen LogP contribution in [0.3, 0.4) is 0 Å². The van der Waals surface area contributed by atoms with E-state index in [-0.39, 0.29) is 5.91 Å². The van der Waals surface area contributed by atoms with E-state index in [4.69, 9.17) is 0 Å². The van der Waals surface area contributed by atoms with Crippen LogP contribution < -0.4 is 5.32 Å². The van der Waals surface area contributed by atoms with Crippen molar-refractivity contribution < 1.29 is 14.7 Å². The number of nitrogens with zero attached hydrogens (tertiary/aromatic N) is 1. The fourth-order valence-corrected chi connectivity index (χ4v) is 3.32. The molecule has 0 aromatic carbocycles. The molecule has 2 atom stereocenters. The summed E-state index contributed by atoms with van der Waals surface area (Å²) < 4.78 is 0. The summed E-state index contributed by atoms with van der Waals surface area (Å²) in [4.78, 5) is 25.9. The highest BCUT2D eigenvalue weighted by Crippen LogP contribution is 2.28. The summed E-state index contributed by atoms with van der Waals surface area (Å²) in [5, 5.41) is 12.7. The molecule has 0 bridgehead atoms. The van der Waals surface area contributed by atoms with Crippen LogP contribution in [0.2, 0.25) is 0 Å². The van der Waals surface area contributed by atoms with Gasteiger partial charge in [0.2, 0.25) is 5.91 Å². The maximum Gasteiger partial charge on any atom is 0.326 e. The third-order valence-corrected chi connectivity index (χ3v) is 4.56. The van der Waals surface area contributed by atoms with Crippen molar-refractivity contribution in [2.24, 2.45) is 0 Å². The average Bonchev–Trinajstić information content (AvgIpc) is 2.75. The van der Waals surface area contributed by atoms with Gasteiger partial charge in [-0.25, -0.2) is 4.79 Å². The van der Waals surface area contributed by atoms with Gasteiger partial charge >= 0.3 is 5.97 Å². The third kappa shape index (κ3) is 2.76. The van der Waals surface area contributed by atoms with Crippen molar-refractivity contribution in [3.05, 3.63) is 0 Å². The van der Waals surface area contributed by atoms with Crippen molar-refractivity contribution in [2.45, 2.75) is 63.5 Å². The summed E-state index contributed by atoms with van der Waals surface area (Å²) >= 11 is 0. The molecule has 2 rings (SSSR count). The third-order valence-electron chi connectivity index (χ3n) is 4.56. The predicted molar refractivity (Wildman–Crippen MR) is 71.9 cm³/mol. The topological polar surface area (TPSA) is 69.6 Å². The second-order valence-corrected chi connectivity index (χ2v) is 5.67. The number of amides is 1. The highest BCUT2D eigenvalue weighted by molar-refractivity contribution is 5.90. The van der Waals surface area contributed by atoms with Gasteiger partial charge in [-0.05, 0) is 38.6 Å². The summed E-state index contributed by atoms with van der Waals surface area (Å²) in [6, 6.07) is -0.638. The average molecular weight is 268 g/mol. The fraction of sp³-hybridized carbons (Fsp3) is 0.857. The zero-order chi connectivity index (χ0) is 13.9. The summed E-state index contributed by atoms with van der Waals surface area (Å²) in [7, 11) is 0. The number of carboxylic acid groups (broad SMARTS) is 1. The highest BCUT2D eigenvalue weighted by Gasteiger charge is 2.44. The molecule has 5 heteroatoms. The van der Waals surface area contributed by atoms with Gasteiger partial charge in [0.15, 0.2) is 0 Å². The largest absolute Gasteiger partial charge is 0.480 e. The van der Waals surface area contributed by atoms with Gasteiger partial charge in [0.1, 0.15) is 6.04 Å². The lowest BCUT2D eigenvalue weighted by Gasteiger charge is -2.36. The Bertz CT molecular complexity index is 351. The number of nitrogens with one attached hydrogen (secondary N) is 1. The number of carboxylic acids is 1. The first-order valence-electron chi connectivity index (χ1n) is 7.39. The standard InChI is InChI=1S/C14H24N2O3/c1-2-14(8-6-9-15-14)13(19)16-10-5-3-4-7-11(16)12(17)18/h11,15H,2-10H2,1H3,(H,17,18). The van der Waals surface area contributed by atoms with E-state index in [2.05, 4.69) is 5.32 Å². The lowest BCUT2D eigenvalue weighted by atomic mass is 9.91. The second kappa shape index (κ2) is 5.90. The van der Waals surface area contributed by atoms with Gasteiger partial charge in [0.25, 0.3) is 0 Å². The Morgan fingerprint density at radius 3 is 2.68 bits per heavy atom. The summed E-state index contributed by atoms with van der Waals surface area (Å²) in [6.45, 7) is 3.44. The van der Waals surface area contributed by atoms with E-state index in [1.807, 2.05) is 6.92 Å². The van der Waals surface area contributed by atoms with Crippen molar-refractivity contribution in [2.75, 3.05) is 13.1 Å². The molecule has 0 aromatic rings. The molecule has 2 aliphatic rings. The van der Waals surface area contributed by atoms with E-state index in [1.165, 1.54) is 0 Å². The lowest BCUT2D eigenvalue weighted by Crippen LogP contribution is -2.58. The van der Waals surface area contributed by atoms with E-state index in [1.54, 1.807) is 4.90 Å². The van der Waals surface area contributed by atoms with Gasteiger partial charge in [-0.3, -0.25) is 4.79 Å². The molecule has 0 radical (unpaired) electrons. The molecule has 19 heavy (non-hydrogen) atoms. The Labute approximate surface area is 114 Å². The first-order valence-corrected chi connectivity index (χ1v) is 7.39. The SMILES string of the molecule is CCC1(C(=O)N2CCCCCC2C(=O)O)CCCN1. The van der Waals surface area contributed by atoms with Crippen LogP contribution in [0.4, 0.5) is 0 Å². The van der Waals surface area contributed by atoms with E-state index >= 15 is 0 Å². The van der Waals surface area contributed by atoms with Gasteiger partial charge < -0.3 is 15.3 Å². The highest BCUT2D eigenvalue weighted by atomic mass is 16.4. The molecule has 0 spiro atoms. The summed E-state index contributed by atoms with van der Waals surface area (Å²) in [6.07, 6.45) is 5.95. The minimum atomic E-state index is -0.862. The number of hydrogen-bond donors (Lipinski definition) is 2. The molecule has 2 N–H and O–H groups in total.